The summed E-state index contributed by atoms with van der Waals surface area (Å²) >= 11 is 0. The van der Waals surface area contributed by atoms with Gasteiger partial charge < -0.3 is 30.2 Å². The maximum atomic E-state index is 13.4. The number of nitrogens with zero attached hydrogens (tertiary/aromatic N) is 2. The van der Waals surface area contributed by atoms with Crippen molar-refractivity contribution in [3.8, 4) is 11.5 Å². The molecule has 4 N–H and O–H groups in total. The van der Waals surface area contributed by atoms with Gasteiger partial charge in [-0.15, -0.1) is 0 Å². The first-order valence-corrected chi connectivity index (χ1v) is 16.1. The number of benzene rings is 1. The molecule has 242 valence electrons. The Balaban J connectivity index is 1.95. The first-order valence-electron chi connectivity index (χ1n) is 16.1. The molecule has 1 aromatic rings. The third kappa shape index (κ3) is 8.27. The van der Waals surface area contributed by atoms with Crippen molar-refractivity contribution >= 4 is 22.8 Å². The lowest BCUT2D eigenvalue weighted by atomic mass is 9.78. The number of allylic oxidation sites excluding steroid dienone is 5. The van der Waals surface area contributed by atoms with Crippen molar-refractivity contribution in [2.24, 2.45) is 23.7 Å². The van der Waals surface area contributed by atoms with Gasteiger partial charge in [0, 0.05) is 61.8 Å². The molecule has 8 heteroatoms. The van der Waals surface area contributed by atoms with Crippen LogP contribution < -0.4 is 4.90 Å². The zero-order valence-electron chi connectivity index (χ0n) is 27.8. The molecule has 2 aliphatic rings. The number of Topliss-reactive ketones (excluding diaryl/α,β-unsaturated/α-hetero) is 1. The van der Waals surface area contributed by atoms with Gasteiger partial charge in [-0.3, -0.25) is 9.59 Å². The highest BCUT2D eigenvalue weighted by Crippen LogP contribution is 2.47. The Labute approximate surface area is 263 Å². The summed E-state index contributed by atoms with van der Waals surface area (Å²) in [5.41, 5.74) is 0.121. The summed E-state index contributed by atoms with van der Waals surface area (Å²) in [4.78, 5) is 30.8. The zero-order valence-corrected chi connectivity index (χ0v) is 27.8. The summed E-state index contributed by atoms with van der Waals surface area (Å²) < 4.78 is 0. The van der Waals surface area contributed by atoms with Gasteiger partial charge >= 0.3 is 0 Å². The molecule has 0 saturated heterocycles. The molecular weight excluding hydrogens is 556 g/mol. The number of ketones is 2. The normalized spacial score (nSPS) is 17.2. The van der Waals surface area contributed by atoms with Crippen molar-refractivity contribution in [1.82, 2.24) is 4.90 Å². The summed E-state index contributed by atoms with van der Waals surface area (Å²) in [5, 5.41) is 43.9. The summed E-state index contributed by atoms with van der Waals surface area (Å²) in [6.07, 6.45) is 6.55. The van der Waals surface area contributed by atoms with Crippen molar-refractivity contribution in [3.63, 3.8) is 0 Å². The Hall–Kier alpha value is -3.68. The van der Waals surface area contributed by atoms with Crippen LogP contribution in [0.5, 0.6) is 11.5 Å². The molecule has 0 saturated carbocycles. The van der Waals surface area contributed by atoms with Crippen LogP contribution in [0.25, 0.3) is 5.57 Å². The molecule has 1 aromatic carbocycles. The number of phenols is 2. The van der Waals surface area contributed by atoms with E-state index < -0.39 is 23.1 Å². The predicted molar refractivity (Wildman–Crippen MR) is 177 cm³/mol. The lowest BCUT2D eigenvalue weighted by molar-refractivity contribution is -0.114. The standard InChI is InChI=1S/C36H52N2O6/c1-21(2)9-13-37(14-10-22(3)4)25-17-27(39)31(28(40)18-25)33-35(43)34(36(33)44)32-29(41)19-26(20-30(32)42)38(15-11-23(5)6)16-12-24(7)8/h17-24,39-41,43H,9-16H2,1-8H3/b34-32+. The SMILES string of the molecule is CC(C)CCN(CCC(C)C)C1=CC(=O)/C(=C2/C(=O)C(c3c(O)cc(N(CCC(C)C)CCC(C)C)cc3O)=C2O)C(O)=C1. The van der Waals surface area contributed by atoms with Crippen LogP contribution in [0.15, 0.2) is 52.6 Å². The molecule has 0 aliphatic heterocycles. The maximum absolute atomic E-state index is 13.4. The summed E-state index contributed by atoms with van der Waals surface area (Å²) in [7, 11) is 0. The molecule has 0 bridgehead atoms. The minimum absolute atomic E-state index is 0.190. The predicted octanol–water partition coefficient (Wildman–Crippen LogP) is 7.45. The summed E-state index contributed by atoms with van der Waals surface area (Å²) in [6.45, 7) is 20.0. The van der Waals surface area contributed by atoms with E-state index in [2.05, 4.69) is 65.2 Å². The fourth-order valence-corrected chi connectivity index (χ4v) is 5.32. The van der Waals surface area contributed by atoms with Gasteiger partial charge in [0.05, 0.1) is 22.3 Å². The smallest absolute Gasteiger partial charge is 0.202 e. The fraction of sp³-hybridized carbons (Fsp3) is 0.556. The largest absolute Gasteiger partial charge is 0.507 e. The first kappa shape index (κ1) is 34.8. The molecule has 0 fully saturated rings. The van der Waals surface area contributed by atoms with Gasteiger partial charge in [-0.1, -0.05) is 55.4 Å². The molecule has 0 spiro atoms. The number of anilines is 1. The van der Waals surface area contributed by atoms with E-state index in [1.807, 2.05) is 0 Å². The molecule has 0 radical (unpaired) electrons. The molecule has 0 amide bonds. The van der Waals surface area contributed by atoms with Crippen LogP contribution in [-0.2, 0) is 9.59 Å². The van der Waals surface area contributed by atoms with Crippen LogP contribution in [0.1, 0.15) is 86.6 Å². The third-order valence-corrected chi connectivity index (χ3v) is 8.21. The lowest BCUT2D eigenvalue weighted by Crippen LogP contribution is -2.31. The van der Waals surface area contributed by atoms with E-state index in [4.69, 9.17) is 0 Å². The van der Waals surface area contributed by atoms with Crippen LogP contribution in [0.3, 0.4) is 0 Å². The van der Waals surface area contributed by atoms with E-state index in [1.54, 1.807) is 0 Å². The second-order valence-corrected chi connectivity index (χ2v) is 13.8. The molecule has 0 heterocycles. The number of rotatable bonds is 15. The van der Waals surface area contributed by atoms with Crippen molar-refractivity contribution in [3.05, 3.63) is 58.2 Å². The number of phenolic OH excluding ortho intramolecular Hbond substituents is 2. The van der Waals surface area contributed by atoms with Crippen molar-refractivity contribution in [2.75, 3.05) is 31.1 Å². The third-order valence-electron chi connectivity index (χ3n) is 8.21. The van der Waals surface area contributed by atoms with Crippen LogP contribution in [0.2, 0.25) is 0 Å². The average molecular weight is 609 g/mol. The van der Waals surface area contributed by atoms with E-state index in [-0.39, 0.29) is 33.8 Å². The van der Waals surface area contributed by atoms with Gasteiger partial charge in [-0.05, 0) is 49.4 Å². The van der Waals surface area contributed by atoms with Crippen LogP contribution in [0, 0.1) is 23.7 Å². The van der Waals surface area contributed by atoms with Crippen molar-refractivity contribution < 1.29 is 30.0 Å². The minimum atomic E-state index is -0.728. The van der Waals surface area contributed by atoms with Gasteiger partial charge in [0.1, 0.15) is 23.0 Å². The molecule has 3 rings (SSSR count). The highest BCUT2D eigenvalue weighted by molar-refractivity contribution is 6.42. The van der Waals surface area contributed by atoms with Crippen molar-refractivity contribution in [1.29, 1.82) is 0 Å². The second-order valence-electron chi connectivity index (χ2n) is 13.8. The van der Waals surface area contributed by atoms with Gasteiger partial charge in [0.15, 0.2) is 5.78 Å². The number of carbonyl (C=O) groups excluding carboxylic acids is 2. The Kier molecular flexibility index (Phi) is 11.8. The monoisotopic (exact) mass is 608 g/mol. The van der Waals surface area contributed by atoms with E-state index in [0.717, 1.165) is 38.8 Å². The highest BCUT2D eigenvalue weighted by atomic mass is 16.3. The molecule has 0 atom stereocenters. The molecule has 44 heavy (non-hydrogen) atoms. The maximum Gasteiger partial charge on any atom is 0.202 e. The summed E-state index contributed by atoms with van der Waals surface area (Å²) in [5.74, 6) is -1.06. The number of aliphatic hydroxyl groups is 2. The van der Waals surface area contributed by atoms with Crippen LogP contribution >= 0.6 is 0 Å². The number of aromatic hydroxyl groups is 2. The number of carbonyl (C=O) groups is 2. The van der Waals surface area contributed by atoms with Crippen molar-refractivity contribution in [2.45, 2.75) is 81.1 Å². The van der Waals surface area contributed by atoms with Crippen LogP contribution in [0.4, 0.5) is 5.69 Å². The van der Waals surface area contributed by atoms with Crippen LogP contribution in [-0.4, -0.2) is 63.1 Å². The number of hydrogen-bond acceptors (Lipinski definition) is 8. The molecule has 0 aromatic heterocycles. The highest BCUT2D eigenvalue weighted by Gasteiger charge is 2.42. The molecule has 8 nitrogen and oxygen atoms in total. The molecule has 2 aliphatic carbocycles. The van der Waals surface area contributed by atoms with Gasteiger partial charge in [0.2, 0.25) is 5.78 Å². The minimum Gasteiger partial charge on any atom is -0.507 e. The van der Waals surface area contributed by atoms with E-state index in [9.17, 15) is 30.0 Å². The van der Waals surface area contributed by atoms with Gasteiger partial charge in [-0.2, -0.15) is 0 Å². The van der Waals surface area contributed by atoms with E-state index in [0.29, 0.717) is 48.1 Å². The average Bonchev–Trinajstić information content (AvgIpc) is 2.91. The van der Waals surface area contributed by atoms with E-state index >= 15 is 0 Å². The van der Waals surface area contributed by atoms with E-state index in [1.165, 1.54) is 24.3 Å². The Morgan fingerprint density at radius 1 is 0.591 bits per heavy atom. The Morgan fingerprint density at radius 3 is 1.41 bits per heavy atom. The number of hydrogen-bond donors (Lipinski definition) is 4. The second kappa shape index (κ2) is 14.9. The Morgan fingerprint density at radius 2 is 1.02 bits per heavy atom. The topological polar surface area (TPSA) is 122 Å². The lowest BCUT2D eigenvalue weighted by Gasteiger charge is -2.31. The van der Waals surface area contributed by atoms with Gasteiger partial charge in [0.25, 0.3) is 0 Å². The number of aliphatic hydroxyl groups excluding tert-OH is 2. The quantitative estimate of drug-likeness (QED) is 0.152. The molecular formula is C36H52N2O6. The zero-order chi connectivity index (χ0) is 32.9. The molecule has 0 unspecified atom stereocenters. The first-order chi connectivity index (χ1) is 20.6. The van der Waals surface area contributed by atoms with Gasteiger partial charge in [-0.25, -0.2) is 0 Å². The fourth-order valence-electron chi connectivity index (χ4n) is 5.32. The summed E-state index contributed by atoms with van der Waals surface area (Å²) in [6, 6.07) is 2.99. The Bertz CT molecular complexity index is 1320.